The van der Waals surface area contributed by atoms with Gasteiger partial charge >= 0.3 is 0 Å². The number of H-pyrrole nitrogens is 1. The molecule has 0 spiro atoms. The second kappa shape index (κ2) is 8.06. The van der Waals surface area contributed by atoms with Crippen LogP contribution in [0.15, 0.2) is 46.6 Å². The first kappa shape index (κ1) is 19.8. The fourth-order valence-electron chi connectivity index (χ4n) is 3.97. The molecule has 1 amide bonds. The van der Waals surface area contributed by atoms with Crippen molar-refractivity contribution in [3.05, 3.63) is 63.5 Å². The van der Waals surface area contributed by atoms with Gasteiger partial charge in [-0.15, -0.1) is 11.3 Å². The molecule has 4 rings (SSSR count). The second-order valence-corrected chi connectivity index (χ2v) is 8.30. The minimum Gasteiger partial charge on any atom is -0.389 e. The maximum Gasteiger partial charge on any atom is 0.268 e. The number of hydrogen-bond donors (Lipinski definition) is 3. The van der Waals surface area contributed by atoms with E-state index in [1.807, 2.05) is 41.8 Å². The van der Waals surface area contributed by atoms with Crippen molar-refractivity contribution in [1.29, 1.82) is 0 Å². The third-order valence-electron chi connectivity index (χ3n) is 5.53. The molecule has 152 valence electrons. The number of β-amino-alcohol motifs (C(OH)–C–C–N with tert-alkyl or cyclic N) is 1. The van der Waals surface area contributed by atoms with Crippen molar-refractivity contribution in [2.75, 3.05) is 13.1 Å². The molecular weight excluding hydrogens is 388 g/mol. The van der Waals surface area contributed by atoms with Crippen LogP contribution in [-0.4, -0.2) is 45.1 Å². The predicted octanol–water partition coefficient (Wildman–Crippen LogP) is 1.97. The van der Waals surface area contributed by atoms with Gasteiger partial charge in [-0.3, -0.25) is 14.5 Å². The van der Waals surface area contributed by atoms with Gasteiger partial charge in [0.1, 0.15) is 10.5 Å². The number of amides is 1. The monoisotopic (exact) mass is 412 g/mol. The summed E-state index contributed by atoms with van der Waals surface area (Å²) in [6.07, 6.45) is 0.136. The highest BCUT2D eigenvalue weighted by Crippen LogP contribution is 2.34. The number of hydrogen-bond acceptors (Lipinski definition) is 6. The number of carbonyl (C=O) groups excluding carboxylic acids is 1. The predicted molar refractivity (Wildman–Crippen MR) is 113 cm³/mol. The molecule has 7 nitrogen and oxygen atoms in total. The molecule has 1 saturated heterocycles. The first-order chi connectivity index (χ1) is 14.0. The lowest BCUT2D eigenvalue weighted by Crippen LogP contribution is -2.61. The fraction of sp³-hybridized carbons (Fsp3) is 0.381. The standard InChI is InChI=1S/C21H24N4O3S/c1-2-18(27)24-21(14-6-4-3-5-7-14)9-10-25(12-16(21)26)13-17-22-15-8-11-29-19(15)20(28)23-17/h3-8,11,16,26H,2,9-10,12-13H2,1H3,(H,24,27)(H,22,23,28)/t16-,21-/m1/s1. The Morgan fingerprint density at radius 2 is 2.17 bits per heavy atom. The summed E-state index contributed by atoms with van der Waals surface area (Å²) in [6.45, 7) is 3.26. The molecule has 0 saturated carbocycles. The minimum atomic E-state index is -0.816. The first-order valence-electron chi connectivity index (χ1n) is 9.75. The van der Waals surface area contributed by atoms with Crippen molar-refractivity contribution in [3.8, 4) is 0 Å². The lowest BCUT2D eigenvalue weighted by atomic mass is 9.78. The molecule has 1 fully saturated rings. The molecular formula is C21H24N4O3S. The highest BCUT2D eigenvalue weighted by Gasteiger charge is 2.44. The number of carbonyl (C=O) groups is 1. The van der Waals surface area contributed by atoms with Gasteiger partial charge in [-0.2, -0.15) is 0 Å². The summed E-state index contributed by atoms with van der Waals surface area (Å²) >= 11 is 1.37. The number of aliphatic hydroxyl groups is 1. The number of likely N-dealkylation sites (tertiary alicyclic amines) is 1. The zero-order valence-corrected chi connectivity index (χ0v) is 17.0. The smallest absolute Gasteiger partial charge is 0.268 e. The molecule has 29 heavy (non-hydrogen) atoms. The average Bonchev–Trinajstić information content (AvgIpc) is 3.20. The van der Waals surface area contributed by atoms with Crippen LogP contribution in [0.25, 0.3) is 10.2 Å². The second-order valence-electron chi connectivity index (χ2n) is 7.39. The number of nitrogens with one attached hydrogen (secondary N) is 2. The SMILES string of the molecule is CCC(=O)N[C@@]1(c2ccccc2)CCN(Cc2nc3ccsc3c(=O)[nH]2)C[C@H]1O. The van der Waals surface area contributed by atoms with Crippen LogP contribution in [0.4, 0.5) is 0 Å². The summed E-state index contributed by atoms with van der Waals surface area (Å²) in [5, 5.41) is 16.0. The largest absolute Gasteiger partial charge is 0.389 e. The lowest BCUT2D eigenvalue weighted by Gasteiger charge is -2.46. The van der Waals surface area contributed by atoms with E-state index in [4.69, 9.17) is 0 Å². The van der Waals surface area contributed by atoms with Crippen LogP contribution < -0.4 is 10.9 Å². The quantitative estimate of drug-likeness (QED) is 0.595. The Balaban J connectivity index is 1.56. The van der Waals surface area contributed by atoms with E-state index in [0.717, 1.165) is 5.56 Å². The van der Waals surface area contributed by atoms with Crippen molar-refractivity contribution in [3.63, 3.8) is 0 Å². The maximum absolute atomic E-state index is 12.2. The molecule has 3 N–H and O–H groups in total. The van der Waals surface area contributed by atoms with E-state index in [0.29, 0.717) is 48.5 Å². The molecule has 2 aromatic heterocycles. The van der Waals surface area contributed by atoms with Gasteiger partial charge in [-0.05, 0) is 23.4 Å². The van der Waals surface area contributed by atoms with Crippen LogP contribution >= 0.6 is 11.3 Å². The number of rotatable bonds is 5. The van der Waals surface area contributed by atoms with Gasteiger partial charge in [-0.1, -0.05) is 37.3 Å². The molecule has 8 heteroatoms. The zero-order chi connectivity index (χ0) is 20.4. The molecule has 0 aliphatic carbocycles. The summed E-state index contributed by atoms with van der Waals surface area (Å²) in [4.78, 5) is 33.9. The number of benzene rings is 1. The van der Waals surface area contributed by atoms with Crippen LogP contribution in [-0.2, 0) is 16.9 Å². The summed E-state index contributed by atoms with van der Waals surface area (Å²) in [7, 11) is 0. The van der Waals surface area contributed by atoms with Crippen molar-refractivity contribution < 1.29 is 9.90 Å². The molecule has 2 atom stereocenters. The molecule has 0 bridgehead atoms. The molecule has 1 aromatic carbocycles. The van der Waals surface area contributed by atoms with Crippen molar-refractivity contribution in [2.24, 2.45) is 0 Å². The first-order valence-corrected chi connectivity index (χ1v) is 10.6. The molecule has 1 aliphatic rings. The van der Waals surface area contributed by atoms with E-state index in [1.165, 1.54) is 11.3 Å². The Labute approximate surface area is 172 Å². The number of aromatic nitrogens is 2. The summed E-state index contributed by atoms with van der Waals surface area (Å²) in [5.74, 6) is 0.494. The average molecular weight is 413 g/mol. The van der Waals surface area contributed by atoms with Gasteiger partial charge in [0, 0.05) is 19.5 Å². The van der Waals surface area contributed by atoms with Gasteiger partial charge < -0.3 is 15.4 Å². The third-order valence-corrected chi connectivity index (χ3v) is 6.43. The molecule has 3 heterocycles. The van der Waals surface area contributed by atoms with Gasteiger partial charge in [0.25, 0.3) is 5.56 Å². The Bertz CT molecular complexity index is 1060. The Hall–Kier alpha value is -2.55. The summed E-state index contributed by atoms with van der Waals surface area (Å²) in [6, 6.07) is 11.5. The number of fused-ring (bicyclic) bond motifs is 1. The lowest BCUT2D eigenvalue weighted by molar-refractivity contribution is -0.126. The fourth-order valence-corrected chi connectivity index (χ4v) is 4.70. The van der Waals surface area contributed by atoms with E-state index in [-0.39, 0.29) is 11.5 Å². The number of piperidine rings is 1. The third kappa shape index (κ3) is 3.83. The van der Waals surface area contributed by atoms with Crippen molar-refractivity contribution >= 4 is 27.5 Å². The van der Waals surface area contributed by atoms with E-state index in [1.54, 1.807) is 6.92 Å². The van der Waals surface area contributed by atoms with Gasteiger partial charge in [0.15, 0.2) is 0 Å². The topological polar surface area (TPSA) is 98.3 Å². The van der Waals surface area contributed by atoms with Crippen molar-refractivity contribution in [1.82, 2.24) is 20.2 Å². The van der Waals surface area contributed by atoms with E-state index < -0.39 is 11.6 Å². The van der Waals surface area contributed by atoms with Crippen LogP contribution in [0.2, 0.25) is 0 Å². The molecule has 0 unspecified atom stereocenters. The Morgan fingerprint density at radius 3 is 2.90 bits per heavy atom. The number of nitrogens with zero attached hydrogens (tertiary/aromatic N) is 2. The van der Waals surface area contributed by atoms with Crippen LogP contribution in [0.1, 0.15) is 31.2 Å². The van der Waals surface area contributed by atoms with E-state index >= 15 is 0 Å². The van der Waals surface area contributed by atoms with Gasteiger partial charge in [0.2, 0.25) is 5.91 Å². The highest BCUT2D eigenvalue weighted by atomic mass is 32.1. The molecule has 1 aliphatic heterocycles. The van der Waals surface area contributed by atoms with Crippen LogP contribution in [0.3, 0.4) is 0 Å². The molecule has 0 radical (unpaired) electrons. The molecule has 3 aromatic rings. The number of thiophene rings is 1. The van der Waals surface area contributed by atoms with E-state index in [9.17, 15) is 14.7 Å². The zero-order valence-electron chi connectivity index (χ0n) is 16.2. The van der Waals surface area contributed by atoms with Crippen LogP contribution in [0.5, 0.6) is 0 Å². The van der Waals surface area contributed by atoms with Gasteiger partial charge in [0.05, 0.1) is 23.7 Å². The normalized spacial score (nSPS) is 22.6. The van der Waals surface area contributed by atoms with Crippen molar-refractivity contribution in [2.45, 2.75) is 38.0 Å². The van der Waals surface area contributed by atoms with E-state index in [2.05, 4.69) is 20.2 Å². The summed E-state index contributed by atoms with van der Waals surface area (Å²) in [5.41, 5.74) is 0.648. The maximum atomic E-state index is 12.2. The number of aliphatic hydroxyl groups excluding tert-OH is 1. The minimum absolute atomic E-state index is 0.0877. The Kier molecular flexibility index (Phi) is 5.49. The van der Waals surface area contributed by atoms with Gasteiger partial charge in [-0.25, -0.2) is 4.98 Å². The van der Waals surface area contributed by atoms with Crippen LogP contribution in [0, 0.1) is 0 Å². The Morgan fingerprint density at radius 1 is 1.38 bits per heavy atom. The number of aromatic amines is 1. The summed E-state index contributed by atoms with van der Waals surface area (Å²) < 4.78 is 0.623. The highest BCUT2D eigenvalue weighted by molar-refractivity contribution is 7.17.